The largest absolute Gasteiger partial charge is 0.468 e. The van der Waals surface area contributed by atoms with Gasteiger partial charge in [-0.15, -0.1) is 0 Å². The van der Waals surface area contributed by atoms with Gasteiger partial charge in [0.1, 0.15) is 5.76 Å². The second-order valence-corrected chi connectivity index (χ2v) is 7.01. The minimum absolute atomic E-state index is 0.230. The molecule has 1 aromatic heterocycles. The van der Waals surface area contributed by atoms with Crippen molar-refractivity contribution in [2.75, 3.05) is 12.0 Å². The molecule has 1 heterocycles. The maximum Gasteiger partial charge on any atom is 0.175 e. The number of furan rings is 1. The lowest BCUT2D eigenvalue weighted by Crippen LogP contribution is -1.99. The van der Waals surface area contributed by atoms with Gasteiger partial charge in [-0.1, -0.05) is 11.8 Å². The van der Waals surface area contributed by atoms with Crippen molar-refractivity contribution in [1.82, 2.24) is 0 Å². The van der Waals surface area contributed by atoms with E-state index in [0.29, 0.717) is 5.69 Å². The first kappa shape index (κ1) is 13.0. The molecule has 6 heteroatoms. The summed E-state index contributed by atoms with van der Waals surface area (Å²) in [5.41, 5.74) is 6.32. The van der Waals surface area contributed by atoms with Crippen LogP contribution in [0.3, 0.4) is 0 Å². The Morgan fingerprint density at radius 2 is 1.94 bits per heavy atom. The predicted octanol–water partition coefficient (Wildman–Crippen LogP) is 2.72. The van der Waals surface area contributed by atoms with Crippen molar-refractivity contribution in [3.8, 4) is 0 Å². The molecule has 0 atom stereocenters. The van der Waals surface area contributed by atoms with Crippen LogP contribution in [0.25, 0.3) is 0 Å². The van der Waals surface area contributed by atoms with E-state index in [1.165, 1.54) is 17.8 Å². The van der Waals surface area contributed by atoms with Crippen LogP contribution >= 0.6 is 11.8 Å². The zero-order valence-corrected chi connectivity index (χ0v) is 11.6. The molecule has 0 aliphatic carbocycles. The molecule has 0 amide bonds. The van der Waals surface area contributed by atoms with Crippen LogP contribution < -0.4 is 5.73 Å². The molecule has 0 saturated carbocycles. The summed E-state index contributed by atoms with van der Waals surface area (Å²) < 4.78 is 28.0. The second kappa shape index (κ2) is 4.70. The summed E-state index contributed by atoms with van der Waals surface area (Å²) in [6.07, 6.45) is 2.77. The Hall–Kier alpha value is -1.40. The summed E-state index contributed by atoms with van der Waals surface area (Å²) >= 11 is 1.45. The lowest BCUT2D eigenvalue weighted by atomic mass is 10.3. The van der Waals surface area contributed by atoms with Crippen molar-refractivity contribution in [3.05, 3.63) is 36.3 Å². The minimum Gasteiger partial charge on any atom is -0.468 e. The number of hydrogen-bond acceptors (Lipinski definition) is 5. The van der Waals surface area contributed by atoms with E-state index >= 15 is 0 Å². The second-order valence-electron chi connectivity index (χ2n) is 3.91. The monoisotopic (exact) mass is 283 g/mol. The molecule has 0 radical (unpaired) electrons. The average Bonchev–Trinajstić information content (AvgIpc) is 2.66. The molecule has 0 aliphatic rings. The lowest BCUT2D eigenvalue weighted by Gasteiger charge is -2.06. The molecule has 0 unspecified atom stereocenters. The van der Waals surface area contributed by atoms with Gasteiger partial charge < -0.3 is 10.2 Å². The standard InChI is InChI=1S/C12H13NO3S2/c1-8-11(5-6-16-8)17-12-4-3-9(7-10(12)13)18(2,14)15/h3-7H,13H2,1-2H3. The van der Waals surface area contributed by atoms with Gasteiger partial charge in [0.2, 0.25) is 0 Å². The van der Waals surface area contributed by atoms with E-state index in [0.717, 1.165) is 21.8 Å². The van der Waals surface area contributed by atoms with Crippen LogP contribution in [-0.4, -0.2) is 14.7 Å². The summed E-state index contributed by atoms with van der Waals surface area (Å²) in [6, 6.07) is 6.60. The van der Waals surface area contributed by atoms with E-state index in [4.69, 9.17) is 10.2 Å². The molecule has 96 valence electrons. The van der Waals surface area contributed by atoms with E-state index in [9.17, 15) is 8.42 Å². The highest BCUT2D eigenvalue weighted by Crippen LogP contribution is 2.35. The highest BCUT2D eigenvalue weighted by atomic mass is 32.2. The van der Waals surface area contributed by atoms with Crippen LogP contribution in [0, 0.1) is 6.92 Å². The number of aryl methyl sites for hydroxylation is 1. The highest BCUT2D eigenvalue weighted by molar-refractivity contribution is 7.99. The van der Waals surface area contributed by atoms with Gasteiger partial charge in [-0.2, -0.15) is 0 Å². The molecule has 2 rings (SSSR count). The van der Waals surface area contributed by atoms with Gasteiger partial charge in [0, 0.05) is 16.8 Å². The molecule has 18 heavy (non-hydrogen) atoms. The van der Waals surface area contributed by atoms with Crippen LogP contribution in [0.1, 0.15) is 5.76 Å². The molecule has 0 saturated heterocycles. The van der Waals surface area contributed by atoms with Gasteiger partial charge in [-0.25, -0.2) is 8.42 Å². The number of anilines is 1. The smallest absolute Gasteiger partial charge is 0.175 e. The molecule has 0 bridgehead atoms. The first-order valence-corrected chi connectivity index (χ1v) is 7.90. The van der Waals surface area contributed by atoms with Gasteiger partial charge in [0.05, 0.1) is 16.1 Å². The third-order valence-corrected chi connectivity index (χ3v) is 4.79. The Kier molecular flexibility index (Phi) is 3.41. The highest BCUT2D eigenvalue weighted by Gasteiger charge is 2.11. The number of benzene rings is 1. The van der Waals surface area contributed by atoms with Crippen molar-refractivity contribution in [3.63, 3.8) is 0 Å². The van der Waals surface area contributed by atoms with Crippen molar-refractivity contribution < 1.29 is 12.8 Å². The number of rotatable bonds is 3. The number of hydrogen-bond donors (Lipinski definition) is 1. The Bertz CT molecular complexity index is 674. The topological polar surface area (TPSA) is 73.3 Å². The van der Waals surface area contributed by atoms with Crippen LogP contribution in [0.5, 0.6) is 0 Å². The molecule has 4 nitrogen and oxygen atoms in total. The molecule has 1 aromatic carbocycles. The fraction of sp³-hybridized carbons (Fsp3) is 0.167. The van der Waals surface area contributed by atoms with Crippen LogP contribution in [0.2, 0.25) is 0 Å². The van der Waals surface area contributed by atoms with Crippen molar-refractivity contribution >= 4 is 27.3 Å². The minimum atomic E-state index is -3.22. The predicted molar refractivity (Wildman–Crippen MR) is 71.5 cm³/mol. The lowest BCUT2D eigenvalue weighted by molar-refractivity contribution is 0.527. The summed E-state index contributed by atoms with van der Waals surface area (Å²) in [7, 11) is -3.22. The maximum absolute atomic E-state index is 11.4. The Balaban J connectivity index is 2.34. The molecule has 2 N–H and O–H groups in total. The van der Waals surface area contributed by atoms with Crippen molar-refractivity contribution in [2.24, 2.45) is 0 Å². The first-order valence-electron chi connectivity index (χ1n) is 5.19. The van der Waals surface area contributed by atoms with Crippen molar-refractivity contribution in [2.45, 2.75) is 21.6 Å². The fourth-order valence-electron chi connectivity index (χ4n) is 1.45. The maximum atomic E-state index is 11.4. The summed E-state index contributed by atoms with van der Waals surface area (Å²) in [4.78, 5) is 2.01. The molecule has 0 fully saturated rings. The third-order valence-electron chi connectivity index (χ3n) is 2.44. The molecular formula is C12H13NO3S2. The van der Waals surface area contributed by atoms with Crippen LogP contribution in [0.15, 0.2) is 49.6 Å². The Labute approximate surface area is 110 Å². The number of nitrogen functional groups attached to an aromatic ring is 1. The van der Waals surface area contributed by atoms with E-state index in [1.54, 1.807) is 18.4 Å². The van der Waals surface area contributed by atoms with Crippen LogP contribution in [0.4, 0.5) is 5.69 Å². The SMILES string of the molecule is Cc1occc1Sc1ccc(S(C)(=O)=O)cc1N. The normalized spacial score (nSPS) is 11.7. The van der Waals surface area contributed by atoms with Gasteiger partial charge in [0.15, 0.2) is 9.84 Å². The van der Waals surface area contributed by atoms with Crippen LogP contribution in [-0.2, 0) is 9.84 Å². The van der Waals surface area contributed by atoms with Gasteiger partial charge >= 0.3 is 0 Å². The van der Waals surface area contributed by atoms with Gasteiger partial charge in [-0.05, 0) is 31.2 Å². The summed E-state index contributed by atoms with van der Waals surface area (Å²) in [5, 5.41) is 0. The van der Waals surface area contributed by atoms with E-state index in [2.05, 4.69) is 0 Å². The van der Waals surface area contributed by atoms with E-state index < -0.39 is 9.84 Å². The summed E-state index contributed by atoms with van der Waals surface area (Å²) in [6.45, 7) is 1.86. The third kappa shape index (κ3) is 2.70. The van der Waals surface area contributed by atoms with E-state index in [-0.39, 0.29) is 4.90 Å². The summed E-state index contributed by atoms with van der Waals surface area (Å²) in [5.74, 6) is 0.812. The Morgan fingerprint density at radius 1 is 1.22 bits per heavy atom. The quantitative estimate of drug-likeness (QED) is 0.877. The number of nitrogens with two attached hydrogens (primary N) is 1. The van der Waals surface area contributed by atoms with Gasteiger partial charge in [-0.3, -0.25) is 0 Å². The molecular weight excluding hydrogens is 270 g/mol. The average molecular weight is 283 g/mol. The molecule has 0 aliphatic heterocycles. The molecule has 0 spiro atoms. The fourth-order valence-corrected chi connectivity index (χ4v) is 2.97. The Morgan fingerprint density at radius 3 is 2.44 bits per heavy atom. The number of sulfone groups is 1. The van der Waals surface area contributed by atoms with Gasteiger partial charge in [0.25, 0.3) is 0 Å². The van der Waals surface area contributed by atoms with Crippen molar-refractivity contribution in [1.29, 1.82) is 0 Å². The van der Waals surface area contributed by atoms with E-state index in [1.807, 2.05) is 13.0 Å². The zero-order chi connectivity index (χ0) is 13.3. The zero-order valence-electron chi connectivity index (χ0n) is 10.0. The first-order chi connectivity index (χ1) is 8.38. The molecule has 2 aromatic rings.